The third-order valence-corrected chi connectivity index (χ3v) is 5.96. The predicted octanol–water partition coefficient (Wildman–Crippen LogP) is 5.65. The fourth-order valence-electron chi connectivity index (χ4n) is 1.63. The van der Waals surface area contributed by atoms with Crippen molar-refractivity contribution < 1.29 is 0 Å². The SMILES string of the molecule is N#C/C(=C(/Cl)c1cc2sccc2s1)c1cccs1. The molecule has 0 aromatic carbocycles. The molecule has 0 aliphatic heterocycles. The van der Waals surface area contributed by atoms with Crippen molar-refractivity contribution in [2.75, 3.05) is 0 Å². The van der Waals surface area contributed by atoms with Crippen molar-refractivity contribution in [2.24, 2.45) is 0 Å². The molecule has 18 heavy (non-hydrogen) atoms. The molecule has 0 saturated carbocycles. The van der Waals surface area contributed by atoms with Gasteiger partial charge in [0, 0.05) is 19.2 Å². The van der Waals surface area contributed by atoms with Gasteiger partial charge in [-0.05, 0) is 29.0 Å². The maximum absolute atomic E-state index is 9.28. The van der Waals surface area contributed by atoms with E-state index in [2.05, 4.69) is 23.6 Å². The van der Waals surface area contributed by atoms with Crippen LogP contribution in [0.15, 0.2) is 35.0 Å². The highest BCUT2D eigenvalue weighted by molar-refractivity contribution is 7.27. The van der Waals surface area contributed by atoms with E-state index in [9.17, 15) is 5.26 Å². The zero-order valence-electron chi connectivity index (χ0n) is 9.01. The molecule has 1 nitrogen and oxygen atoms in total. The molecular weight excluding hydrogens is 302 g/mol. The van der Waals surface area contributed by atoms with Crippen LogP contribution in [0.3, 0.4) is 0 Å². The van der Waals surface area contributed by atoms with Gasteiger partial charge in [0.05, 0.1) is 10.6 Å². The van der Waals surface area contributed by atoms with Crippen molar-refractivity contribution in [3.63, 3.8) is 0 Å². The molecule has 3 aromatic rings. The summed E-state index contributed by atoms with van der Waals surface area (Å²) in [7, 11) is 0. The molecule has 0 saturated heterocycles. The molecule has 0 atom stereocenters. The molecule has 0 N–H and O–H groups in total. The van der Waals surface area contributed by atoms with Gasteiger partial charge < -0.3 is 0 Å². The summed E-state index contributed by atoms with van der Waals surface area (Å²) in [5.74, 6) is 0. The first kappa shape index (κ1) is 11.9. The van der Waals surface area contributed by atoms with Crippen molar-refractivity contribution in [1.82, 2.24) is 0 Å². The van der Waals surface area contributed by atoms with Crippen LogP contribution in [-0.4, -0.2) is 0 Å². The number of fused-ring (bicyclic) bond motifs is 1. The largest absolute Gasteiger partial charge is 0.192 e. The van der Waals surface area contributed by atoms with E-state index in [4.69, 9.17) is 11.6 Å². The topological polar surface area (TPSA) is 23.8 Å². The van der Waals surface area contributed by atoms with Crippen LogP contribution in [0.4, 0.5) is 0 Å². The molecule has 0 aliphatic rings. The third-order valence-electron chi connectivity index (χ3n) is 2.45. The fourth-order valence-corrected chi connectivity index (χ4v) is 4.78. The Bertz CT molecular complexity index is 727. The first-order valence-electron chi connectivity index (χ1n) is 5.11. The summed E-state index contributed by atoms with van der Waals surface area (Å²) in [4.78, 5) is 1.88. The van der Waals surface area contributed by atoms with Crippen molar-refractivity contribution in [1.29, 1.82) is 5.26 Å². The van der Waals surface area contributed by atoms with Crippen molar-refractivity contribution in [2.45, 2.75) is 0 Å². The maximum Gasteiger partial charge on any atom is 0.102 e. The summed E-state index contributed by atoms with van der Waals surface area (Å²) < 4.78 is 2.44. The summed E-state index contributed by atoms with van der Waals surface area (Å²) in [6.45, 7) is 0. The van der Waals surface area contributed by atoms with E-state index in [0.29, 0.717) is 10.6 Å². The Morgan fingerprint density at radius 3 is 2.67 bits per heavy atom. The second-order valence-corrected chi connectivity index (χ2v) is 6.89. The van der Waals surface area contributed by atoms with E-state index in [0.717, 1.165) is 9.75 Å². The van der Waals surface area contributed by atoms with Gasteiger partial charge in [0.15, 0.2) is 0 Å². The van der Waals surface area contributed by atoms with Gasteiger partial charge in [0.1, 0.15) is 6.07 Å². The second-order valence-electron chi connectivity index (χ2n) is 3.54. The number of nitriles is 1. The third kappa shape index (κ3) is 2.00. The molecule has 5 heteroatoms. The molecule has 3 rings (SSSR count). The molecule has 0 amide bonds. The lowest BCUT2D eigenvalue weighted by Crippen LogP contribution is -1.79. The molecule has 0 fully saturated rings. The highest BCUT2D eigenvalue weighted by Crippen LogP contribution is 2.39. The van der Waals surface area contributed by atoms with Gasteiger partial charge in [0.25, 0.3) is 0 Å². The normalized spacial score (nSPS) is 12.4. The van der Waals surface area contributed by atoms with Gasteiger partial charge in [0.2, 0.25) is 0 Å². The average Bonchev–Trinajstić information content (AvgIpc) is 3.05. The quantitative estimate of drug-likeness (QED) is 0.561. The number of rotatable bonds is 2. The van der Waals surface area contributed by atoms with Gasteiger partial charge in [-0.1, -0.05) is 17.7 Å². The van der Waals surface area contributed by atoms with Gasteiger partial charge in [-0.2, -0.15) is 5.26 Å². The molecular formula is C13H6ClNS3. The minimum atomic E-state index is 0.549. The van der Waals surface area contributed by atoms with Gasteiger partial charge in [-0.3, -0.25) is 0 Å². The molecule has 0 unspecified atom stereocenters. The minimum absolute atomic E-state index is 0.549. The molecule has 0 spiro atoms. The summed E-state index contributed by atoms with van der Waals surface area (Å²) in [5, 5.41) is 13.8. The monoisotopic (exact) mass is 307 g/mol. The minimum Gasteiger partial charge on any atom is -0.192 e. The van der Waals surface area contributed by atoms with E-state index >= 15 is 0 Å². The Morgan fingerprint density at radius 2 is 2.00 bits per heavy atom. The molecule has 0 bridgehead atoms. The van der Waals surface area contributed by atoms with Crippen LogP contribution in [0.1, 0.15) is 9.75 Å². The summed E-state index contributed by atoms with van der Waals surface area (Å²) in [6.07, 6.45) is 0. The number of allylic oxidation sites excluding steroid dienone is 1. The molecule has 88 valence electrons. The smallest absolute Gasteiger partial charge is 0.102 e. The molecule has 3 aromatic heterocycles. The Balaban J connectivity index is 2.15. The van der Waals surface area contributed by atoms with Crippen molar-refractivity contribution in [3.8, 4) is 6.07 Å². The van der Waals surface area contributed by atoms with Gasteiger partial charge in [-0.15, -0.1) is 34.0 Å². The highest BCUT2D eigenvalue weighted by Gasteiger charge is 2.13. The number of hydrogen-bond acceptors (Lipinski definition) is 4. The van der Waals surface area contributed by atoms with Crippen LogP contribution in [0.5, 0.6) is 0 Å². The van der Waals surface area contributed by atoms with E-state index in [-0.39, 0.29) is 0 Å². The average molecular weight is 308 g/mol. The van der Waals surface area contributed by atoms with Crippen LogP contribution >= 0.6 is 45.6 Å². The Kier molecular flexibility index (Phi) is 3.23. The standard InChI is InChI=1S/C13H6ClNS3/c14-13(8(7-15)9-2-1-4-16-9)12-6-11-10(18-12)3-5-17-11/h1-6H/b13-8-. The summed E-state index contributed by atoms with van der Waals surface area (Å²) in [6, 6.07) is 10.2. The van der Waals surface area contributed by atoms with Crippen LogP contribution in [0.25, 0.3) is 20.0 Å². The van der Waals surface area contributed by atoms with Crippen LogP contribution in [-0.2, 0) is 0 Å². The van der Waals surface area contributed by atoms with Crippen LogP contribution in [0, 0.1) is 11.3 Å². The zero-order valence-corrected chi connectivity index (χ0v) is 12.2. The second kappa shape index (κ2) is 4.87. The van der Waals surface area contributed by atoms with Crippen LogP contribution in [0.2, 0.25) is 0 Å². The maximum atomic E-state index is 9.28. The summed E-state index contributed by atoms with van der Waals surface area (Å²) >= 11 is 11.2. The number of hydrogen-bond donors (Lipinski definition) is 0. The predicted molar refractivity (Wildman–Crippen MR) is 82.3 cm³/mol. The molecule has 0 aliphatic carbocycles. The Morgan fingerprint density at radius 1 is 1.11 bits per heavy atom. The first-order chi connectivity index (χ1) is 8.79. The van der Waals surface area contributed by atoms with E-state index < -0.39 is 0 Å². The number of thiophene rings is 3. The molecule has 3 heterocycles. The van der Waals surface area contributed by atoms with Crippen molar-refractivity contribution >= 4 is 65.6 Å². The van der Waals surface area contributed by atoms with Gasteiger partial charge in [-0.25, -0.2) is 0 Å². The van der Waals surface area contributed by atoms with Crippen LogP contribution < -0.4 is 0 Å². The lowest BCUT2D eigenvalue weighted by Gasteiger charge is -1.98. The van der Waals surface area contributed by atoms with E-state index in [1.54, 1.807) is 22.7 Å². The van der Waals surface area contributed by atoms with Crippen molar-refractivity contribution in [3.05, 3.63) is 44.8 Å². The van der Waals surface area contributed by atoms with E-state index in [1.165, 1.54) is 20.7 Å². The Hall–Kier alpha value is -1.12. The number of nitrogens with zero attached hydrogens (tertiary/aromatic N) is 1. The summed E-state index contributed by atoms with van der Waals surface area (Å²) in [5.41, 5.74) is 0.556. The Labute approximate surface area is 121 Å². The highest BCUT2D eigenvalue weighted by atomic mass is 35.5. The van der Waals surface area contributed by atoms with Gasteiger partial charge >= 0.3 is 0 Å². The first-order valence-corrected chi connectivity index (χ1v) is 8.06. The lowest BCUT2D eigenvalue weighted by molar-refractivity contribution is 1.54. The zero-order chi connectivity index (χ0) is 12.5. The fraction of sp³-hybridized carbons (Fsp3) is 0. The lowest BCUT2D eigenvalue weighted by atomic mass is 10.2. The van der Waals surface area contributed by atoms with E-state index in [1.807, 2.05) is 17.5 Å². The molecule has 0 radical (unpaired) electrons. The number of halogens is 1.